The lowest BCUT2D eigenvalue weighted by molar-refractivity contribution is -0.384. The van der Waals surface area contributed by atoms with Gasteiger partial charge < -0.3 is 42.6 Å². The Morgan fingerprint density at radius 2 is 0.892 bits per heavy atom. The Bertz CT molecular complexity index is 646. The van der Waals surface area contributed by atoms with Crippen LogP contribution in [0.15, 0.2) is 24.3 Å². The van der Waals surface area contributed by atoms with E-state index in [2.05, 4.69) is 0 Å². The lowest BCUT2D eigenvalue weighted by atomic mass is 10.3. The van der Waals surface area contributed by atoms with E-state index in [1.165, 1.54) is 12.1 Å². The molecule has 0 unspecified atom stereocenters. The Morgan fingerprint density at radius 3 is 1.22 bits per heavy atom. The third-order valence-electron chi connectivity index (χ3n) is 4.45. The highest BCUT2D eigenvalue weighted by molar-refractivity contribution is 5.35. The minimum atomic E-state index is -0.451. The van der Waals surface area contributed by atoms with Crippen molar-refractivity contribution < 1.29 is 47.6 Å². The van der Waals surface area contributed by atoms with Crippen LogP contribution in [0, 0.1) is 10.1 Å². The Morgan fingerprint density at radius 1 is 0.568 bits per heavy atom. The highest BCUT2D eigenvalue weighted by atomic mass is 16.6. The molecule has 0 amide bonds. The quantitative estimate of drug-likeness (QED) is 0.0940. The third kappa shape index (κ3) is 21.9. The zero-order valence-electron chi connectivity index (χ0n) is 22.1. The first-order chi connectivity index (χ1) is 18.1. The lowest BCUT2D eigenvalue weighted by Crippen LogP contribution is -2.15. The molecule has 0 spiro atoms. The SMILES string of the molecule is CC(C)OCCOCCOCCOCCOCCOCCOCCOCCOc1ccc([N+](=O)[O-])cc1. The number of rotatable bonds is 27. The van der Waals surface area contributed by atoms with Crippen molar-refractivity contribution in [1.29, 1.82) is 0 Å². The Balaban J connectivity index is 1.70. The number of hydrogen-bond acceptors (Lipinski definition) is 11. The van der Waals surface area contributed by atoms with Crippen molar-refractivity contribution in [3.05, 3.63) is 34.4 Å². The second-order valence-corrected chi connectivity index (χ2v) is 7.81. The minimum absolute atomic E-state index is 0.0293. The van der Waals surface area contributed by atoms with Crippen molar-refractivity contribution >= 4 is 5.69 Å². The van der Waals surface area contributed by atoms with E-state index < -0.39 is 4.92 Å². The first kappa shape index (κ1) is 33.1. The zero-order chi connectivity index (χ0) is 26.8. The van der Waals surface area contributed by atoms with Crippen LogP contribution in [0.3, 0.4) is 0 Å². The van der Waals surface area contributed by atoms with E-state index in [9.17, 15) is 10.1 Å². The van der Waals surface area contributed by atoms with Crippen LogP contribution in [-0.4, -0.2) is 117 Å². The minimum Gasteiger partial charge on any atom is -0.491 e. The number of non-ortho nitro benzene ring substituents is 1. The highest BCUT2D eigenvalue weighted by Crippen LogP contribution is 2.17. The molecule has 1 aromatic carbocycles. The van der Waals surface area contributed by atoms with Crippen molar-refractivity contribution in [3.63, 3.8) is 0 Å². The molecule has 0 heterocycles. The van der Waals surface area contributed by atoms with Gasteiger partial charge in [-0.25, -0.2) is 0 Å². The van der Waals surface area contributed by atoms with Gasteiger partial charge in [0, 0.05) is 12.1 Å². The second-order valence-electron chi connectivity index (χ2n) is 7.81. The van der Waals surface area contributed by atoms with Gasteiger partial charge in [-0.3, -0.25) is 10.1 Å². The summed E-state index contributed by atoms with van der Waals surface area (Å²) in [5.41, 5.74) is 0.0293. The average molecular weight is 534 g/mol. The maximum atomic E-state index is 10.6. The number of ether oxygens (including phenoxy) is 9. The normalized spacial score (nSPS) is 11.3. The molecule has 0 aliphatic rings. The zero-order valence-corrected chi connectivity index (χ0v) is 22.1. The molecule has 0 radical (unpaired) electrons. The molecule has 0 saturated carbocycles. The van der Waals surface area contributed by atoms with Crippen LogP contribution in [-0.2, 0) is 37.9 Å². The molecule has 1 rings (SSSR count). The summed E-state index contributed by atoms with van der Waals surface area (Å²) in [6.45, 7) is 11.9. The summed E-state index contributed by atoms with van der Waals surface area (Å²) < 4.78 is 48.8. The summed E-state index contributed by atoms with van der Waals surface area (Å²) >= 11 is 0. The summed E-state index contributed by atoms with van der Waals surface area (Å²) in [6.07, 6.45) is 0.226. The monoisotopic (exact) mass is 533 g/mol. The lowest BCUT2D eigenvalue weighted by Gasteiger charge is -2.09. The van der Waals surface area contributed by atoms with Gasteiger partial charge in [-0.05, 0) is 26.0 Å². The van der Waals surface area contributed by atoms with E-state index in [4.69, 9.17) is 42.6 Å². The van der Waals surface area contributed by atoms with Crippen molar-refractivity contribution in [2.24, 2.45) is 0 Å². The van der Waals surface area contributed by atoms with Gasteiger partial charge in [0.1, 0.15) is 12.4 Å². The maximum absolute atomic E-state index is 10.6. The van der Waals surface area contributed by atoms with Gasteiger partial charge in [-0.1, -0.05) is 0 Å². The molecule has 12 heteroatoms. The number of nitrogens with zero attached hydrogens (tertiary/aromatic N) is 1. The summed E-state index contributed by atoms with van der Waals surface area (Å²) in [5.74, 6) is 0.560. The molecule has 0 bridgehead atoms. The number of hydrogen-bond donors (Lipinski definition) is 0. The molecule has 0 atom stereocenters. The van der Waals surface area contributed by atoms with Crippen LogP contribution in [0.2, 0.25) is 0 Å². The molecular weight excluding hydrogens is 490 g/mol. The Kier molecular flexibility index (Phi) is 21.9. The molecule has 1 aromatic rings. The van der Waals surface area contributed by atoms with Gasteiger partial charge in [-0.2, -0.15) is 0 Å². The average Bonchev–Trinajstić information content (AvgIpc) is 2.88. The maximum Gasteiger partial charge on any atom is 0.269 e. The predicted octanol–water partition coefficient (Wildman–Crippen LogP) is 2.51. The fourth-order valence-corrected chi connectivity index (χ4v) is 2.65. The van der Waals surface area contributed by atoms with Crippen LogP contribution in [0.1, 0.15) is 13.8 Å². The predicted molar refractivity (Wildman–Crippen MR) is 135 cm³/mol. The summed E-state index contributed by atoms with van der Waals surface area (Å²) in [4.78, 5) is 10.2. The number of nitro groups is 1. The molecule has 0 N–H and O–H groups in total. The molecule has 37 heavy (non-hydrogen) atoms. The standard InChI is InChI=1S/C25H43NO11/c1-23(2)36-21-19-34-17-15-32-13-11-30-9-7-29-8-10-31-12-14-33-16-18-35-20-22-37-25-5-3-24(4-6-25)26(27)28/h3-6,23H,7-22H2,1-2H3. The molecule has 214 valence electrons. The fraction of sp³-hybridized carbons (Fsp3) is 0.760. The van der Waals surface area contributed by atoms with E-state index in [0.717, 1.165) is 0 Å². The molecule has 0 aromatic heterocycles. The van der Waals surface area contributed by atoms with E-state index in [1.54, 1.807) is 12.1 Å². The largest absolute Gasteiger partial charge is 0.491 e. The third-order valence-corrected chi connectivity index (χ3v) is 4.45. The molecule has 0 aliphatic carbocycles. The van der Waals surface area contributed by atoms with E-state index in [0.29, 0.717) is 111 Å². The Hall–Kier alpha value is -1.90. The molecule has 12 nitrogen and oxygen atoms in total. The number of benzene rings is 1. The first-order valence-electron chi connectivity index (χ1n) is 12.6. The van der Waals surface area contributed by atoms with E-state index in [-0.39, 0.29) is 11.8 Å². The van der Waals surface area contributed by atoms with Crippen molar-refractivity contribution in [2.75, 3.05) is 106 Å². The van der Waals surface area contributed by atoms with Crippen LogP contribution in [0.5, 0.6) is 5.75 Å². The van der Waals surface area contributed by atoms with Gasteiger partial charge in [0.05, 0.1) is 110 Å². The second kappa shape index (κ2) is 24.4. The van der Waals surface area contributed by atoms with Crippen LogP contribution >= 0.6 is 0 Å². The summed E-state index contributed by atoms with van der Waals surface area (Å²) in [7, 11) is 0. The van der Waals surface area contributed by atoms with Gasteiger partial charge in [-0.15, -0.1) is 0 Å². The van der Waals surface area contributed by atoms with Gasteiger partial charge >= 0.3 is 0 Å². The smallest absolute Gasteiger partial charge is 0.269 e. The first-order valence-corrected chi connectivity index (χ1v) is 12.6. The van der Waals surface area contributed by atoms with Crippen LogP contribution in [0.25, 0.3) is 0 Å². The van der Waals surface area contributed by atoms with Gasteiger partial charge in [0.25, 0.3) is 5.69 Å². The summed E-state index contributed by atoms with van der Waals surface area (Å²) in [5, 5.41) is 10.6. The number of nitro benzene ring substituents is 1. The highest BCUT2D eigenvalue weighted by Gasteiger charge is 2.04. The van der Waals surface area contributed by atoms with Crippen molar-refractivity contribution in [1.82, 2.24) is 0 Å². The molecule has 0 saturated heterocycles. The molecular formula is C25H43NO11. The van der Waals surface area contributed by atoms with Crippen LogP contribution < -0.4 is 4.74 Å². The van der Waals surface area contributed by atoms with Crippen LogP contribution in [0.4, 0.5) is 5.69 Å². The summed E-state index contributed by atoms with van der Waals surface area (Å²) in [6, 6.07) is 5.92. The van der Waals surface area contributed by atoms with E-state index in [1.807, 2.05) is 13.8 Å². The van der Waals surface area contributed by atoms with Gasteiger partial charge in [0.2, 0.25) is 0 Å². The fourth-order valence-electron chi connectivity index (χ4n) is 2.65. The molecule has 0 fully saturated rings. The van der Waals surface area contributed by atoms with Crippen molar-refractivity contribution in [3.8, 4) is 5.75 Å². The van der Waals surface area contributed by atoms with E-state index >= 15 is 0 Å². The topological polar surface area (TPSA) is 126 Å². The van der Waals surface area contributed by atoms with Gasteiger partial charge in [0.15, 0.2) is 0 Å². The van der Waals surface area contributed by atoms with Crippen molar-refractivity contribution in [2.45, 2.75) is 20.0 Å². The molecule has 0 aliphatic heterocycles. The Labute approximate surface area is 219 Å².